The molecule has 204 valence electrons. The summed E-state index contributed by atoms with van der Waals surface area (Å²) in [7, 11) is 1.69. The number of likely N-dealkylation sites (tertiary alicyclic amines) is 1. The van der Waals surface area contributed by atoms with Crippen LogP contribution in [0.3, 0.4) is 0 Å². The normalized spacial score (nSPS) is 22.8. The lowest BCUT2D eigenvalue weighted by Crippen LogP contribution is -2.43. The SMILES string of the molecule is COCCNC1CC(N2CCC(c3nc(C)nn3-c3ccc(Cl)c(C)c3)CC2)[C@@H](c2ccc(F)cc2F)C1. The predicted octanol–water partition coefficient (Wildman–Crippen LogP) is 5.55. The van der Waals surface area contributed by atoms with Crippen molar-refractivity contribution in [1.82, 2.24) is 25.0 Å². The van der Waals surface area contributed by atoms with Gasteiger partial charge in [0.25, 0.3) is 0 Å². The van der Waals surface area contributed by atoms with Crippen LogP contribution < -0.4 is 5.32 Å². The number of nitrogens with one attached hydrogen (secondary N) is 1. The van der Waals surface area contributed by atoms with Crippen molar-refractivity contribution in [3.63, 3.8) is 0 Å². The van der Waals surface area contributed by atoms with E-state index in [0.717, 1.165) is 79.3 Å². The summed E-state index contributed by atoms with van der Waals surface area (Å²) in [5.74, 6) is 1.04. The monoisotopic (exact) mass is 543 g/mol. The van der Waals surface area contributed by atoms with E-state index >= 15 is 0 Å². The fourth-order valence-electron chi connectivity index (χ4n) is 6.22. The number of benzene rings is 2. The third-order valence-corrected chi connectivity index (χ3v) is 8.54. The second kappa shape index (κ2) is 11.8. The van der Waals surface area contributed by atoms with Crippen LogP contribution in [0.4, 0.5) is 8.78 Å². The highest BCUT2D eigenvalue weighted by Crippen LogP contribution is 2.41. The van der Waals surface area contributed by atoms with Crippen molar-refractivity contribution in [3.05, 3.63) is 75.8 Å². The highest BCUT2D eigenvalue weighted by Gasteiger charge is 2.41. The smallest absolute Gasteiger partial charge is 0.148 e. The van der Waals surface area contributed by atoms with Gasteiger partial charge in [0.05, 0.1) is 12.3 Å². The van der Waals surface area contributed by atoms with E-state index in [9.17, 15) is 8.78 Å². The van der Waals surface area contributed by atoms with E-state index < -0.39 is 11.6 Å². The molecule has 1 saturated heterocycles. The van der Waals surface area contributed by atoms with Gasteiger partial charge in [-0.15, -0.1) is 0 Å². The standard InChI is InChI=1S/C29H36ClF2N5O/c1-18-14-23(5-7-26(18)30)37-29(34-19(2)35-37)20-8-11-36(12-9-20)28-17-22(33-10-13-38-3)16-25(28)24-6-4-21(31)15-27(24)32/h4-7,14-15,20,22,25,28,33H,8-13,16-17H2,1-3H3/t22?,25-,28?/m1/s1. The average Bonchev–Trinajstić information content (AvgIpc) is 3.50. The Morgan fingerprint density at radius 2 is 1.87 bits per heavy atom. The van der Waals surface area contributed by atoms with Crippen LogP contribution in [0.25, 0.3) is 5.69 Å². The Balaban J connectivity index is 1.33. The number of ether oxygens (including phenoxy) is 1. The van der Waals surface area contributed by atoms with E-state index in [4.69, 9.17) is 26.4 Å². The number of aromatic nitrogens is 3. The van der Waals surface area contributed by atoms with E-state index in [-0.39, 0.29) is 23.9 Å². The number of aryl methyl sites for hydroxylation is 2. The van der Waals surface area contributed by atoms with Gasteiger partial charge in [0.1, 0.15) is 23.3 Å². The van der Waals surface area contributed by atoms with Crippen LogP contribution in [0.1, 0.15) is 60.3 Å². The van der Waals surface area contributed by atoms with E-state index in [2.05, 4.69) is 10.2 Å². The fraction of sp³-hybridized carbons (Fsp3) is 0.517. The van der Waals surface area contributed by atoms with Gasteiger partial charge in [-0.05, 0) is 88.0 Å². The molecule has 3 aromatic rings. The van der Waals surface area contributed by atoms with Gasteiger partial charge in [0, 0.05) is 48.7 Å². The molecule has 9 heteroatoms. The summed E-state index contributed by atoms with van der Waals surface area (Å²) in [4.78, 5) is 7.32. The Kier molecular flexibility index (Phi) is 8.43. The maximum absolute atomic E-state index is 14.9. The zero-order valence-electron chi connectivity index (χ0n) is 22.3. The molecule has 38 heavy (non-hydrogen) atoms. The third-order valence-electron chi connectivity index (χ3n) is 8.12. The van der Waals surface area contributed by atoms with Crippen LogP contribution in [0.15, 0.2) is 36.4 Å². The summed E-state index contributed by atoms with van der Waals surface area (Å²) in [6.45, 7) is 7.10. The molecule has 6 nitrogen and oxygen atoms in total. The Bertz CT molecular complexity index is 1260. The maximum atomic E-state index is 14.9. The first-order valence-corrected chi connectivity index (χ1v) is 13.8. The summed E-state index contributed by atoms with van der Waals surface area (Å²) in [5.41, 5.74) is 2.59. The molecule has 0 radical (unpaired) electrons. The first kappa shape index (κ1) is 27.2. The van der Waals surface area contributed by atoms with Gasteiger partial charge in [-0.1, -0.05) is 17.7 Å². The molecular weight excluding hydrogens is 508 g/mol. The Labute approximate surface area is 228 Å². The predicted molar refractivity (Wildman–Crippen MR) is 145 cm³/mol. The van der Waals surface area contributed by atoms with Crippen LogP contribution in [0.5, 0.6) is 0 Å². The van der Waals surface area contributed by atoms with Gasteiger partial charge in [0.2, 0.25) is 0 Å². The zero-order chi connectivity index (χ0) is 26.8. The van der Waals surface area contributed by atoms with Crippen molar-refractivity contribution in [1.29, 1.82) is 0 Å². The molecule has 0 bridgehead atoms. The molecule has 1 aromatic heterocycles. The summed E-state index contributed by atoms with van der Waals surface area (Å²) < 4.78 is 35.7. The topological polar surface area (TPSA) is 55.2 Å². The summed E-state index contributed by atoms with van der Waals surface area (Å²) in [6.07, 6.45) is 3.64. The van der Waals surface area contributed by atoms with E-state index in [1.54, 1.807) is 13.2 Å². The van der Waals surface area contributed by atoms with Crippen molar-refractivity contribution in [2.75, 3.05) is 33.4 Å². The van der Waals surface area contributed by atoms with Gasteiger partial charge in [-0.25, -0.2) is 18.4 Å². The molecule has 1 aliphatic carbocycles. The van der Waals surface area contributed by atoms with Crippen LogP contribution in [-0.4, -0.2) is 65.1 Å². The molecule has 0 amide bonds. The second-order valence-electron chi connectivity index (χ2n) is 10.6. The molecule has 3 atom stereocenters. The fourth-order valence-corrected chi connectivity index (χ4v) is 6.34. The molecule has 1 aliphatic heterocycles. The van der Waals surface area contributed by atoms with Gasteiger partial charge in [0.15, 0.2) is 0 Å². The number of methoxy groups -OCH3 is 1. The number of nitrogens with zero attached hydrogens (tertiary/aromatic N) is 4. The van der Waals surface area contributed by atoms with Gasteiger partial charge in [-0.2, -0.15) is 5.10 Å². The number of hydrogen-bond acceptors (Lipinski definition) is 5. The Hall–Kier alpha value is -2.39. The van der Waals surface area contributed by atoms with Crippen molar-refractivity contribution in [2.24, 2.45) is 0 Å². The van der Waals surface area contributed by atoms with Crippen molar-refractivity contribution < 1.29 is 13.5 Å². The van der Waals surface area contributed by atoms with Gasteiger partial charge in [-0.3, -0.25) is 4.90 Å². The minimum atomic E-state index is -0.535. The molecule has 2 unspecified atom stereocenters. The van der Waals surface area contributed by atoms with Gasteiger partial charge >= 0.3 is 0 Å². The van der Waals surface area contributed by atoms with Crippen molar-refractivity contribution in [3.8, 4) is 5.69 Å². The Morgan fingerprint density at radius 3 is 2.58 bits per heavy atom. The van der Waals surface area contributed by atoms with Crippen LogP contribution in [0.2, 0.25) is 5.02 Å². The summed E-state index contributed by atoms with van der Waals surface area (Å²) >= 11 is 6.26. The molecule has 2 aliphatic rings. The highest BCUT2D eigenvalue weighted by molar-refractivity contribution is 6.31. The molecule has 1 N–H and O–H groups in total. The first-order valence-electron chi connectivity index (χ1n) is 13.5. The van der Waals surface area contributed by atoms with Crippen LogP contribution >= 0.6 is 11.6 Å². The van der Waals surface area contributed by atoms with E-state index in [0.29, 0.717) is 12.2 Å². The molecule has 2 aromatic carbocycles. The second-order valence-corrected chi connectivity index (χ2v) is 11.0. The molecule has 0 spiro atoms. The van der Waals surface area contributed by atoms with E-state index in [1.807, 2.05) is 36.7 Å². The first-order chi connectivity index (χ1) is 18.3. The van der Waals surface area contributed by atoms with Crippen molar-refractivity contribution in [2.45, 2.75) is 63.5 Å². The number of halogens is 3. The molecule has 2 heterocycles. The van der Waals surface area contributed by atoms with E-state index in [1.165, 1.54) is 6.07 Å². The lowest BCUT2D eigenvalue weighted by molar-refractivity contribution is 0.138. The largest absolute Gasteiger partial charge is 0.383 e. The minimum absolute atomic E-state index is 0.00938. The number of piperidine rings is 1. The summed E-state index contributed by atoms with van der Waals surface area (Å²) in [5, 5.41) is 9.01. The number of hydrogen-bond donors (Lipinski definition) is 1. The lowest BCUT2D eigenvalue weighted by atomic mass is 9.89. The molecule has 5 rings (SSSR count). The Morgan fingerprint density at radius 1 is 1.08 bits per heavy atom. The quantitative estimate of drug-likeness (QED) is 0.378. The van der Waals surface area contributed by atoms with Gasteiger partial charge < -0.3 is 10.1 Å². The third kappa shape index (κ3) is 5.78. The molecule has 2 fully saturated rings. The molecular formula is C29H36ClF2N5O. The van der Waals surface area contributed by atoms with Crippen LogP contribution in [-0.2, 0) is 4.74 Å². The minimum Gasteiger partial charge on any atom is -0.383 e. The van der Waals surface area contributed by atoms with Crippen molar-refractivity contribution >= 4 is 11.6 Å². The average molecular weight is 544 g/mol. The molecule has 1 saturated carbocycles. The highest BCUT2D eigenvalue weighted by atomic mass is 35.5. The van der Waals surface area contributed by atoms with Crippen LogP contribution in [0, 0.1) is 25.5 Å². The zero-order valence-corrected chi connectivity index (χ0v) is 23.0. The maximum Gasteiger partial charge on any atom is 0.148 e. The number of rotatable bonds is 8. The lowest BCUT2D eigenvalue weighted by Gasteiger charge is -2.38. The summed E-state index contributed by atoms with van der Waals surface area (Å²) in [6, 6.07) is 10.4.